The highest BCUT2D eigenvalue weighted by molar-refractivity contribution is 6.37. The van der Waals surface area contributed by atoms with Gasteiger partial charge >= 0.3 is 0 Å². The van der Waals surface area contributed by atoms with Crippen molar-refractivity contribution in [3.05, 3.63) is 86.4 Å². The van der Waals surface area contributed by atoms with Gasteiger partial charge in [0.15, 0.2) is 11.5 Å². The third-order valence-electron chi connectivity index (χ3n) is 4.17. The van der Waals surface area contributed by atoms with Crippen molar-refractivity contribution in [3.63, 3.8) is 0 Å². The molecule has 0 spiro atoms. The number of hydrogen-bond donors (Lipinski definition) is 1. The number of methoxy groups -OCH3 is 1. The number of hydrogen-bond acceptors (Lipinski definition) is 3. The zero-order chi connectivity index (χ0) is 21.0. The third-order valence-corrected chi connectivity index (χ3v) is 5.00. The number of carbonyl (C=O) groups excluding carboxylic acids is 1. The molecule has 29 heavy (non-hydrogen) atoms. The Labute approximate surface area is 184 Å². The van der Waals surface area contributed by atoms with E-state index in [1.165, 1.54) is 18.7 Å². The van der Waals surface area contributed by atoms with E-state index in [2.05, 4.69) is 5.32 Å². The molecule has 0 radical (unpaired) electrons. The van der Waals surface area contributed by atoms with E-state index in [9.17, 15) is 4.79 Å². The van der Waals surface area contributed by atoms with E-state index in [1.54, 1.807) is 24.3 Å². The topological polar surface area (TPSA) is 47.6 Å². The Kier molecular flexibility index (Phi) is 6.91. The van der Waals surface area contributed by atoms with Gasteiger partial charge in [-0.2, -0.15) is 0 Å². The number of amides is 1. The van der Waals surface area contributed by atoms with Gasteiger partial charge in [-0.25, -0.2) is 0 Å². The summed E-state index contributed by atoms with van der Waals surface area (Å²) in [7, 11) is 1.49. The fraction of sp³-hybridized carbons (Fsp3) is 0.136. The van der Waals surface area contributed by atoms with Crippen LogP contribution in [0, 0.1) is 6.92 Å². The highest BCUT2D eigenvalue weighted by Gasteiger charge is 2.17. The Morgan fingerprint density at radius 3 is 2.34 bits per heavy atom. The average Bonchev–Trinajstić information content (AvgIpc) is 2.69. The zero-order valence-corrected chi connectivity index (χ0v) is 18.0. The fourth-order valence-electron chi connectivity index (χ4n) is 2.62. The SMILES string of the molecule is COc1cc(C(=O)Nc2ccc(Cl)cc2Cl)cc(Cl)c1OCc1ccc(C)cc1. The Morgan fingerprint density at radius 2 is 1.69 bits per heavy atom. The quantitative estimate of drug-likeness (QED) is 0.449. The van der Waals surface area contributed by atoms with Gasteiger partial charge in [-0.3, -0.25) is 4.79 Å². The van der Waals surface area contributed by atoms with Crippen LogP contribution in [0.2, 0.25) is 15.1 Å². The van der Waals surface area contributed by atoms with Crippen LogP contribution in [0.1, 0.15) is 21.5 Å². The molecule has 0 fully saturated rings. The van der Waals surface area contributed by atoms with Crippen molar-refractivity contribution in [2.45, 2.75) is 13.5 Å². The molecular formula is C22H18Cl3NO3. The second-order valence-electron chi connectivity index (χ2n) is 6.34. The molecule has 4 nitrogen and oxygen atoms in total. The van der Waals surface area contributed by atoms with Crippen LogP contribution < -0.4 is 14.8 Å². The number of aryl methyl sites for hydroxylation is 1. The largest absolute Gasteiger partial charge is 0.493 e. The van der Waals surface area contributed by atoms with Gasteiger partial charge in [-0.15, -0.1) is 0 Å². The Balaban J connectivity index is 1.79. The summed E-state index contributed by atoms with van der Waals surface area (Å²) in [5.41, 5.74) is 2.91. The molecule has 1 amide bonds. The monoisotopic (exact) mass is 449 g/mol. The van der Waals surface area contributed by atoms with E-state index < -0.39 is 0 Å². The smallest absolute Gasteiger partial charge is 0.255 e. The molecule has 3 aromatic rings. The summed E-state index contributed by atoms with van der Waals surface area (Å²) in [5.74, 6) is 0.340. The maximum atomic E-state index is 12.6. The van der Waals surface area contributed by atoms with Gasteiger partial charge in [-0.1, -0.05) is 64.6 Å². The Bertz CT molecular complexity index is 1040. The van der Waals surface area contributed by atoms with Crippen LogP contribution in [0.15, 0.2) is 54.6 Å². The molecule has 0 aliphatic rings. The van der Waals surface area contributed by atoms with Gasteiger partial charge in [0.1, 0.15) is 6.61 Å². The number of nitrogens with one attached hydrogen (secondary N) is 1. The minimum atomic E-state index is -0.389. The number of rotatable bonds is 6. The van der Waals surface area contributed by atoms with Crippen LogP contribution >= 0.6 is 34.8 Å². The van der Waals surface area contributed by atoms with Crippen LogP contribution in [-0.4, -0.2) is 13.0 Å². The minimum absolute atomic E-state index is 0.267. The molecule has 0 bridgehead atoms. The summed E-state index contributed by atoms with van der Waals surface area (Å²) in [5, 5.41) is 3.81. The summed E-state index contributed by atoms with van der Waals surface area (Å²) in [6.07, 6.45) is 0. The van der Waals surface area contributed by atoms with E-state index in [4.69, 9.17) is 44.3 Å². The predicted octanol–water partition coefficient (Wildman–Crippen LogP) is 6.80. The van der Waals surface area contributed by atoms with E-state index in [0.29, 0.717) is 39.4 Å². The first-order chi connectivity index (χ1) is 13.9. The fourth-order valence-corrected chi connectivity index (χ4v) is 3.34. The van der Waals surface area contributed by atoms with Crippen molar-refractivity contribution in [2.24, 2.45) is 0 Å². The third kappa shape index (κ3) is 5.36. The summed E-state index contributed by atoms with van der Waals surface area (Å²) in [6, 6.07) is 15.9. The van der Waals surface area contributed by atoms with Gasteiger partial charge < -0.3 is 14.8 Å². The van der Waals surface area contributed by atoms with Crippen molar-refractivity contribution in [1.29, 1.82) is 0 Å². The first kappa shape index (κ1) is 21.3. The molecule has 150 valence electrons. The van der Waals surface area contributed by atoms with Gasteiger partial charge in [0.25, 0.3) is 5.91 Å². The lowest BCUT2D eigenvalue weighted by atomic mass is 10.1. The first-order valence-corrected chi connectivity index (χ1v) is 9.83. The van der Waals surface area contributed by atoms with Gasteiger partial charge in [0, 0.05) is 10.6 Å². The van der Waals surface area contributed by atoms with E-state index >= 15 is 0 Å². The van der Waals surface area contributed by atoms with Gasteiger partial charge in [0.05, 0.1) is 22.8 Å². The maximum absolute atomic E-state index is 12.6. The molecule has 3 rings (SSSR count). The van der Waals surface area contributed by atoms with Crippen LogP contribution in [0.5, 0.6) is 11.5 Å². The molecule has 0 unspecified atom stereocenters. The second kappa shape index (κ2) is 9.40. The molecule has 0 aliphatic heterocycles. The van der Waals surface area contributed by atoms with Crippen molar-refractivity contribution in [1.82, 2.24) is 0 Å². The van der Waals surface area contributed by atoms with E-state index in [1.807, 2.05) is 31.2 Å². The number of halogens is 3. The van der Waals surface area contributed by atoms with Crippen LogP contribution in [0.3, 0.4) is 0 Å². The summed E-state index contributed by atoms with van der Waals surface area (Å²) in [6.45, 7) is 2.34. The number of carbonyl (C=O) groups is 1. The number of benzene rings is 3. The molecule has 0 aliphatic carbocycles. The summed E-state index contributed by atoms with van der Waals surface area (Å²) in [4.78, 5) is 12.6. The van der Waals surface area contributed by atoms with Crippen molar-refractivity contribution < 1.29 is 14.3 Å². The first-order valence-electron chi connectivity index (χ1n) is 8.69. The molecule has 0 saturated heterocycles. The summed E-state index contributed by atoms with van der Waals surface area (Å²) >= 11 is 18.4. The van der Waals surface area contributed by atoms with E-state index in [-0.39, 0.29) is 10.9 Å². The molecule has 0 saturated carbocycles. The van der Waals surface area contributed by atoms with E-state index in [0.717, 1.165) is 5.56 Å². The van der Waals surface area contributed by atoms with Crippen LogP contribution in [0.4, 0.5) is 5.69 Å². The molecule has 0 atom stereocenters. The Hall–Kier alpha value is -2.40. The highest BCUT2D eigenvalue weighted by Crippen LogP contribution is 2.37. The van der Waals surface area contributed by atoms with Crippen molar-refractivity contribution in [2.75, 3.05) is 12.4 Å². The minimum Gasteiger partial charge on any atom is -0.493 e. The molecular weight excluding hydrogens is 433 g/mol. The second-order valence-corrected chi connectivity index (χ2v) is 7.59. The molecule has 0 aromatic heterocycles. The lowest BCUT2D eigenvalue weighted by Gasteiger charge is -2.15. The Morgan fingerprint density at radius 1 is 0.966 bits per heavy atom. The molecule has 3 aromatic carbocycles. The normalized spacial score (nSPS) is 10.5. The van der Waals surface area contributed by atoms with Crippen molar-refractivity contribution in [3.8, 4) is 11.5 Å². The zero-order valence-electron chi connectivity index (χ0n) is 15.8. The predicted molar refractivity (Wildman–Crippen MR) is 118 cm³/mol. The standard InChI is InChI=1S/C22H18Cl3NO3/c1-13-3-5-14(6-4-13)12-29-21-18(25)9-15(10-20(21)28-2)22(27)26-19-8-7-16(23)11-17(19)24/h3-11H,12H2,1-2H3,(H,26,27). The van der Waals surface area contributed by atoms with Gasteiger partial charge in [-0.05, 0) is 42.8 Å². The lowest BCUT2D eigenvalue weighted by Crippen LogP contribution is -2.13. The van der Waals surface area contributed by atoms with Crippen LogP contribution in [-0.2, 0) is 6.61 Å². The van der Waals surface area contributed by atoms with Crippen LogP contribution in [0.25, 0.3) is 0 Å². The highest BCUT2D eigenvalue weighted by atomic mass is 35.5. The lowest BCUT2D eigenvalue weighted by molar-refractivity contribution is 0.102. The molecule has 1 N–H and O–H groups in total. The number of ether oxygens (including phenoxy) is 2. The van der Waals surface area contributed by atoms with Crippen molar-refractivity contribution >= 4 is 46.4 Å². The molecule has 0 heterocycles. The average molecular weight is 451 g/mol. The maximum Gasteiger partial charge on any atom is 0.255 e. The van der Waals surface area contributed by atoms with Gasteiger partial charge in [0.2, 0.25) is 0 Å². The summed E-state index contributed by atoms with van der Waals surface area (Å²) < 4.78 is 11.2. The molecule has 7 heteroatoms. The number of anilines is 1.